The van der Waals surface area contributed by atoms with E-state index in [1.54, 1.807) is 12.1 Å². The number of morpholine rings is 1. The molecule has 144 valence electrons. The van der Waals surface area contributed by atoms with E-state index < -0.39 is 0 Å². The van der Waals surface area contributed by atoms with Crippen LogP contribution in [0, 0.1) is 0 Å². The fraction of sp³-hybridized carbons (Fsp3) is 0.412. The number of benzene rings is 1. The lowest BCUT2D eigenvalue weighted by atomic mass is 10.2. The van der Waals surface area contributed by atoms with E-state index in [-0.39, 0.29) is 29.9 Å². The van der Waals surface area contributed by atoms with Crippen molar-refractivity contribution in [2.24, 2.45) is 0 Å². The fourth-order valence-corrected chi connectivity index (χ4v) is 4.35. The predicted octanol–water partition coefficient (Wildman–Crippen LogP) is 2.91. The Morgan fingerprint density at radius 2 is 1.89 bits per heavy atom. The third-order valence-electron chi connectivity index (χ3n) is 3.75. The van der Waals surface area contributed by atoms with Gasteiger partial charge in [-0.25, -0.2) is 4.79 Å². The van der Waals surface area contributed by atoms with Gasteiger partial charge in [-0.3, -0.25) is 10.1 Å². The molecule has 1 aromatic carbocycles. The topological polar surface area (TPSA) is 96.5 Å². The molecule has 3 rings (SSSR count). The molecule has 27 heavy (non-hydrogen) atoms. The molecular formula is C17H21N5O3S2. The minimum atomic E-state index is -0.388. The number of aromatic nitrogens is 2. The molecule has 10 heteroatoms. The highest BCUT2D eigenvalue weighted by molar-refractivity contribution is 8.01. The number of amides is 3. The van der Waals surface area contributed by atoms with Crippen molar-refractivity contribution in [2.45, 2.75) is 30.4 Å². The largest absolute Gasteiger partial charge is 0.372 e. The number of thioether (sulfide) groups is 1. The zero-order valence-electron chi connectivity index (χ0n) is 15.0. The zero-order valence-corrected chi connectivity index (χ0v) is 16.7. The van der Waals surface area contributed by atoms with Crippen molar-refractivity contribution in [3.8, 4) is 0 Å². The van der Waals surface area contributed by atoms with Gasteiger partial charge in [0.1, 0.15) is 0 Å². The van der Waals surface area contributed by atoms with Gasteiger partial charge in [0, 0.05) is 18.8 Å². The molecule has 1 aliphatic heterocycles. The Balaban J connectivity index is 1.46. The first-order valence-electron chi connectivity index (χ1n) is 8.52. The number of hydrogen-bond acceptors (Lipinski definition) is 7. The number of hydrogen-bond donors (Lipinski definition) is 2. The summed E-state index contributed by atoms with van der Waals surface area (Å²) in [4.78, 5) is 26.2. The van der Waals surface area contributed by atoms with Gasteiger partial charge in [-0.2, -0.15) is 0 Å². The average Bonchev–Trinajstić information content (AvgIpc) is 3.07. The molecule has 0 radical (unpaired) electrons. The number of para-hydroxylation sites is 1. The van der Waals surface area contributed by atoms with Gasteiger partial charge in [0.2, 0.25) is 11.0 Å². The van der Waals surface area contributed by atoms with E-state index in [2.05, 4.69) is 20.8 Å². The second kappa shape index (κ2) is 9.16. The summed E-state index contributed by atoms with van der Waals surface area (Å²) in [6.45, 7) is 5.14. The molecule has 2 heterocycles. The minimum absolute atomic E-state index is 0.0446. The smallest absolute Gasteiger partial charge is 0.325 e. The Hall–Kier alpha value is -2.17. The molecule has 0 bridgehead atoms. The molecular weight excluding hydrogens is 386 g/mol. The van der Waals surface area contributed by atoms with Crippen LogP contribution in [0.25, 0.3) is 0 Å². The molecule has 8 nitrogen and oxygen atoms in total. The van der Waals surface area contributed by atoms with E-state index in [0.717, 1.165) is 0 Å². The number of nitrogens with zero attached hydrogens (tertiary/aromatic N) is 3. The molecule has 0 unspecified atom stereocenters. The fourth-order valence-electron chi connectivity index (χ4n) is 2.70. The number of urea groups is 1. The van der Waals surface area contributed by atoms with Crippen molar-refractivity contribution < 1.29 is 14.3 Å². The van der Waals surface area contributed by atoms with E-state index in [4.69, 9.17) is 4.74 Å². The highest BCUT2D eigenvalue weighted by atomic mass is 32.2. The summed E-state index contributed by atoms with van der Waals surface area (Å²) in [6, 6.07) is 8.74. The monoisotopic (exact) mass is 407 g/mol. The third kappa shape index (κ3) is 5.91. The first-order chi connectivity index (χ1) is 13.0. The lowest BCUT2D eigenvalue weighted by Crippen LogP contribution is -2.48. The third-order valence-corrected chi connectivity index (χ3v) is 5.71. The summed E-state index contributed by atoms with van der Waals surface area (Å²) in [6.07, 6.45) is 0.0892. The van der Waals surface area contributed by atoms with Crippen molar-refractivity contribution in [1.82, 2.24) is 15.1 Å². The van der Waals surface area contributed by atoms with Gasteiger partial charge in [-0.1, -0.05) is 41.3 Å². The van der Waals surface area contributed by atoms with Crippen LogP contribution in [0.15, 0.2) is 34.7 Å². The number of anilines is 2. The van der Waals surface area contributed by atoms with Crippen LogP contribution >= 0.6 is 23.1 Å². The standard InChI is InChI=1S/C17H21N5O3S2/c1-11-8-22(9-12(2)25-11)14(23)10-26-17-21-20-16(27-17)19-15(24)18-13-6-4-3-5-7-13/h3-7,11-12H,8-10H2,1-2H3,(H2,18,19,20,24)/t11-,12+. The average molecular weight is 408 g/mol. The maximum atomic E-state index is 12.4. The quantitative estimate of drug-likeness (QED) is 0.584. The summed E-state index contributed by atoms with van der Waals surface area (Å²) in [7, 11) is 0. The van der Waals surface area contributed by atoms with Crippen LogP contribution in [0.3, 0.4) is 0 Å². The van der Waals surface area contributed by atoms with Crippen LogP contribution in [-0.4, -0.2) is 58.1 Å². The van der Waals surface area contributed by atoms with Gasteiger partial charge in [-0.15, -0.1) is 10.2 Å². The van der Waals surface area contributed by atoms with Gasteiger partial charge in [0.15, 0.2) is 4.34 Å². The molecule has 0 spiro atoms. The van der Waals surface area contributed by atoms with E-state index in [1.165, 1.54) is 23.1 Å². The van der Waals surface area contributed by atoms with Gasteiger partial charge < -0.3 is 15.0 Å². The Bertz CT molecular complexity index is 776. The number of nitrogens with one attached hydrogen (secondary N) is 2. The molecule has 1 aliphatic rings. The Morgan fingerprint density at radius 3 is 2.59 bits per heavy atom. The first kappa shape index (κ1) is 19.6. The molecule has 1 aromatic heterocycles. The van der Waals surface area contributed by atoms with Crippen LogP contribution in [0.2, 0.25) is 0 Å². The molecule has 2 aromatic rings. The van der Waals surface area contributed by atoms with Crippen molar-refractivity contribution in [2.75, 3.05) is 29.5 Å². The lowest BCUT2D eigenvalue weighted by molar-refractivity contribution is -0.140. The molecule has 0 saturated carbocycles. The van der Waals surface area contributed by atoms with Crippen LogP contribution in [-0.2, 0) is 9.53 Å². The number of carbonyl (C=O) groups is 2. The van der Waals surface area contributed by atoms with Crippen LogP contribution < -0.4 is 10.6 Å². The maximum absolute atomic E-state index is 12.4. The van der Waals surface area contributed by atoms with E-state index in [0.29, 0.717) is 28.2 Å². The minimum Gasteiger partial charge on any atom is -0.372 e. The molecule has 1 fully saturated rings. The summed E-state index contributed by atoms with van der Waals surface area (Å²) in [5, 5.41) is 13.7. The van der Waals surface area contributed by atoms with Crippen molar-refractivity contribution >= 4 is 45.9 Å². The van der Waals surface area contributed by atoms with Gasteiger partial charge in [0.05, 0.1) is 18.0 Å². The number of rotatable bonds is 5. The van der Waals surface area contributed by atoms with E-state index in [1.807, 2.05) is 36.9 Å². The van der Waals surface area contributed by atoms with Crippen LogP contribution in [0.5, 0.6) is 0 Å². The number of ether oxygens (including phenoxy) is 1. The summed E-state index contributed by atoms with van der Waals surface area (Å²) >= 11 is 2.55. The summed E-state index contributed by atoms with van der Waals surface area (Å²) in [5.74, 6) is 0.332. The Kier molecular flexibility index (Phi) is 6.64. The molecule has 2 atom stereocenters. The van der Waals surface area contributed by atoms with Gasteiger partial charge in [-0.05, 0) is 26.0 Å². The van der Waals surface area contributed by atoms with Gasteiger partial charge >= 0.3 is 6.03 Å². The van der Waals surface area contributed by atoms with Crippen molar-refractivity contribution in [3.05, 3.63) is 30.3 Å². The molecule has 1 saturated heterocycles. The Labute approximate surface area is 165 Å². The normalized spacial score (nSPS) is 19.6. The molecule has 3 amide bonds. The SMILES string of the molecule is C[C@@H]1CN(C(=O)CSc2nnc(NC(=O)Nc3ccccc3)s2)C[C@H](C)O1. The van der Waals surface area contributed by atoms with E-state index >= 15 is 0 Å². The lowest BCUT2D eigenvalue weighted by Gasteiger charge is -2.35. The van der Waals surface area contributed by atoms with Crippen molar-refractivity contribution in [1.29, 1.82) is 0 Å². The second-order valence-electron chi connectivity index (χ2n) is 6.16. The predicted molar refractivity (Wildman–Crippen MR) is 106 cm³/mol. The molecule has 0 aliphatic carbocycles. The highest BCUT2D eigenvalue weighted by Crippen LogP contribution is 2.26. The van der Waals surface area contributed by atoms with Gasteiger partial charge in [0.25, 0.3) is 0 Å². The highest BCUT2D eigenvalue weighted by Gasteiger charge is 2.26. The van der Waals surface area contributed by atoms with Crippen molar-refractivity contribution in [3.63, 3.8) is 0 Å². The zero-order chi connectivity index (χ0) is 19.2. The summed E-state index contributed by atoms with van der Waals surface area (Å²) in [5.41, 5.74) is 0.689. The van der Waals surface area contributed by atoms with E-state index in [9.17, 15) is 9.59 Å². The number of carbonyl (C=O) groups excluding carboxylic acids is 2. The van der Waals surface area contributed by atoms with Crippen LogP contribution in [0.4, 0.5) is 15.6 Å². The maximum Gasteiger partial charge on any atom is 0.325 e. The first-order valence-corrected chi connectivity index (χ1v) is 10.3. The summed E-state index contributed by atoms with van der Waals surface area (Å²) < 4.78 is 6.28. The molecule has 2 N–H and O–H groups in total. The van der Waals surface area contributed by atoms with Crippen LogP contribution in [0.1, 0.15) is 13.8 Å². The second-order valence-corrected chi connectivity index (χ2v) is 8.36. The Morgan fingerprint density at radius 1 is 1.19 bits per heavy atom.